The molecule has 3 N–H and O–H groups in total. The van der Waals surface area contributed by atoms with Crippen LogP contribution in [0.15, 0.2) is 42.5 Å². The number of thiophene rings is 1. The van der Waals surface area contributed by atoms with E-state index in [4.69, 9.17) is 5.73 Å². The second-order valence-corrected chi connectivity index (χ2v) is 8.07. The Morgan fingerprint density at radius 2 is 1.88 bits per heavy atom. The van der Waals surface area contributed by atoms with Gasteiger partial charge >= 0.3 is 0 Å². The molecule has 1 aromatic heterocycles. The Morgan fingerprint density at radius 3 is 2.50 bits per heavy atom. The lowest BCUT2D eigenvalue weighted by Gasteiger charge is -2.33. The van der Waals surface area contributed by atoms with Gasteiger partial charge in [0.25, 0.3) is 5.91 Å². The van der Waals surface area contributed by atoms with Crippen molar-refractivity contribution >= 4 is 23.2 Å². The highest BCUT2D eigenvalue weighted by Gasteiger charge is 2.27. The molecule has 26 heavy (non-hydrogen) atoms. The van der Waals surface area contributed by atoms with Crippen molar-refractivity contribution in [1.29, 1.82) is 0 Å². The van der Waals surface area contributed by atoms with Crippen LogP contribution >= 0.6 is 11.3 Å². The van der Waals surface area contributed by atoms with Crippen LogP contribution < -0.4 is 11.1 Å². The van der Waals surface area contributed by atoms with Gasteiger partial charge in [0.15, 0.2) is 0 Å². The van der Waals surface area contributed by atoms with Crippen molar-refractivity contribution in [2.75, 3.05) is 13.1 Å². The topological polar surface area (TPSA) is 75.4 Å². The van der Waals surface area contributed by atoms with Crippen LogP contribution in [0.4, 0.5) is 0 Å². The highest BCUT2D eigenvalue weighted by Crippen LogP contribution is 2.17. The molecule has 1 aromatic carbocycles. The van der Waals surface area contributed by atoms with Crippen LogP contribution in [0.3, 0.4) is 0 Å². The minimum absolute atomic E-state index is 0.00693. The number of nitrogens with one attached hydrogen (secondary N) is 1. The van der Waals surface area contributed by atoms with Gasteiger partial charge in [-0.1, -0.05) is 30.3 Å². The number of aryl methyl sites for hydroxylation is 1. The van der Waals surface area contributed by atoms with Gasteiger partial charge in [-0.15, -0.1) is 11.3 Å². The average molecular weight is 372 g/mol. The minimum atomic E-state index is -0.516. The molecule has 1 saturated heterocycles. The maximum atomic E-state index is 12.6. The summed E-state index contributed by atoms with van der Waals surface area (Å²) in [5.74, 6) is -0.0267. The number of piperidine rings is 1. The summed E-state index contributed by atoms with van der Waals surface area (Å²) < 4.78 is 0. The van der Waals surface area contributed by atoms with Crippen molar-refractivity contribution in [1.82, 2.24) is 10.2 Å². The summed E-state index contributed by atoms with van der Waals surface area (Å²) in [7, 11) is 0. The maximum Gasteiger partial charge on any atom is 0.261 e. The largest absolute Gasteiger partial charge is 0.348 e. The summed E-state index contributed by atoms with van der Waals surface area (Å²) in [5, 5.41) is 3.08. The Labute approximate surface area is 158 Å². The van der Waals surface area contributed by atoms with E-state index in [0.29, 0.717) is 19.5 Å². The summed E-state index contributed by atoms with van der Waals surface area (Å²) in [4.78, 5) is 28.5. The number of likely N-dealkylation sites (tertiary alicyclic amines) is 1. The van der Waals surface area contributed by atoms with E-state index in [0.717, 1.165) is 28.2 Å². The predicted molar refractivity (Wildman–Crippen MR) is 104 cm³/mol. The second kappa shape index (κ2) is 8.47. The summed E-state index contributed by atoms with van der Waals surface area (Å²) in [5.41, 5.74) is 7.19. The number of hydrogen-bond acceptors (Lipinski definition) is 4. The molecule has 2 amide bonds. The molecule has 138 valence electrons. The molecule has 2 heterocycles. The lowest BCUT2D eigenvalue weighted by Crippen LogP contribution is -2.51. The molecule has 0 saturated carbocycles. The normalized spacial score (nSPS) is 16.3. The van der Waals surface area contributed by atoms with Crippen molar-refractivity contribution in [2.24, 2.45) is 5.73 Å². The van der Waals surface area contributed by atoms with Gasteiger partial charge in [-0.3, -0.25) is 9.59 Å². The number of carbonyl (C=O) groups excluding carboxylic acids is 2. The van der Waals surface area contributed by atoms with E-state index in [9.17, 15) is 9.59 Å². The van der Waals surface area contributed by atoms with Gasteiger partial charge in [0.1, 0.15) is 0 Å². The Balaban J connectivity index is 1.47. The second-order valence-electron chi connectivity index (χ2n) is 6.78. The molecule has 6 heteroatoms. The van der Waals surface area contributed by atoms with E-state index in [1.54, 1.807) is 0 Å². The number of nitrogens with two attached hydrogens (primary N) is 1. The highest BCUT2D eigenvalue weighted by molar-refractivity contribution is 7.13. The van der Waals surface area contributed by atoms with Gasteiger partial charge in [0, 0.05) is 24.0 Å². The quantitative estimate of drug-likeness (QED) is 0.847. The van der Waals surface area contributed by atoms with Gasteiger partial charge in [-0.05, 0) is 43.9 Å². The van der Waals surface area contributed by atoms with E-state index < -0.39 is 6.04 Å². The lowest BCUT2D eigenvalue weighted by atomic mass is 10.0. The summed E-state index contributed by atoms with van der Waals surface area (Å²) >= 11 is 1.50. The van der Waals surface area contributed by atoms with E-state index in [1.165, 1.54) is 11.3 Å². The first-order valence-electron chi connectivity index (χ1n) is 8.98. The zero-order valence-electron chi connectivity index (χ0n) is 15.0. The average Bonchev–Trinajstić information content (AvgIpc) is 3.09. The van der Waals surface area contributed by atoms with E-state index in [-0.39, 0.29) is 17.9 Å². The molecular weight excluding hydrogens is 346 g/mol. The fourth-order valence-electron chi connectivity index (χ4n) is 3.25. The molecule has 0 bridgehead atoms. The van der Waals surface area contributed by atoms with Crippen molar-refractivity contribution in [3.05, 3.63) is 57.8 Å². The third-order valence-electron chi connectivity index (χ3n) is 4.72. The lowest BCUT2D eigenvalue weighted by molar-refractivity contribution is -0.133. The number of rotatable bonds is 5. The maximum absolute atomic E-state index is 12.6. The Bertz CT molecular complexity index is 751. The third kappa shape index (κ3) is 4.71. The van der Waals surface area contributed by atoms with Crippen LogP contribution in [0.5, 0.6) is 0 Å². The van der Waals surface area contributed by atoms with Gasteiger partial charge < -0.3 is 16.0 Å². The molecule has 0 unspecified atom stereocenters. The number of hydrogen-bond donors (Lipinski definition) is 2. The van der Waals surface area contributed by atoms with Crippen LogP contribution in [0, 0.1) is 6.92 Å². The first-order valence-corrected chi connectivity index (χ1v) is 9.80. The molecule has 5 nitrogen and oxygen atoms in total. The van der Waals surface area contributed by atoms with Crippen LogP contribution in [0.1, 0.15) is 33.0 Å². The zero-order valence-corrected chi connectivity index (χ0v) is 15.8. The van der Waals surface area contributed by atoms with Gasteiger partial charge in [0.05, 0.1) is 10.9 Å². The molecular formula is C20H25N3O2S. The Morgan fingerprint density at radius 1 is 1.19 bits per heavy atom. The van der Waals surface area contributed by atoms with Crippen molar-refractivity contribution in [3.8, 4) is 0 Å². The number of amides is 2. The van der Waals surface area contributed by atoms with E-state index >= 15 is 0 Å². The van der Waals surface area contributed by atoms with Crippen molar-refractivity contribution < 1.29 is 9.59 Å². The summed E-state index contributed by atoms with van der Waals surface area (Å²) in [6.45, 7) is 3.26. The molecule has 1 atom stereocenters. The molecule has 0 spiro atoms. The Kier molecular flexibility index (Phi) is 6.06. The van der Waals surface area contributed by atoms with E-state index in [2.05, 4.69) is 5.32 Å². The SMILES string of the molecule is Cc1ccc(C(=O)NC2CCN(C(=O)[C@@H](N)Cc3ccccc3)CC2)s1. The van der Waals surface area contributed by atoms with Gasteiger partial charge in [0.2, 0.25) is 5.91 Å². The number of carbonyl (C=O) groups is 2. The third-order valence-corrected chi connectivity index (χ3v) is 5.72. The van der Waals surface area contributed by atoms with Crippen LogP contribution in [-0.2, 0) is 11.2 Å². The van der Waals surface area contributed by atoms with Crippen LogP contribution in [-0.4, -0.2) is 41.9 Å². The van der Waals surface area contributed by atoms with E-state index in [1.807, 2.05) is 54.3 Å². The molecule has 1 fully saturated rings. The molecule has 1 aliphatic heterocycles. The van der Waals surface area contributed by atoms with Crippen molar-refractivity contribution in [2.45, 2.75) is 38.3 Å². The molecule has 0 aliphatic carbocycles. The predicted octanol–water partition coefficient (Wildman–Crippen LogP) is 2.35. The monoisotopic (exact) mass is 371 g/mol. The summed E-state index contributed by atoms with van der Waals surface area (Å²) in [6.07, 6.45) is 2.08. The smallest absolute Gasteiger partial charge is 0.261 e. The number of benzene rings is 1. The number of nitrogens with zero attached hydrogens (tertiary/aromatic N) is 1. The van der Waals surface area contributed by atoms with Gasteiger partial charge in [-0.2, -0.15) is 0 Å². The molecule has 3 rings (SSSR count). The fraction of sp³-hybridized carbons (Fsp3) is 0.400. The van der Waals surface area contributed by atoms with Crippen LogP contribution in [0.25, 0.3) is 0 Å². The first-order chi connectivity index (χ1) is 12.5. The van der Waals surface area contributed by atoms with Gasteiger partial charge in [-0.25, -0.2) is 0 Å². The van der Waals surface area contributed by atoms with Crippen molar-refractivity contribution in [3.63, 3.8) is 0 Å². The Hall–Kier alpha value is -2.18. The first kappa shape index (κ1) is 18.6. The van der Waals surface area contributed by atoms with Crippen LogP contribution in [0.2, 0.25) is 0 Å². The highest BCUT2D eigenvalue weighted by atomic mass is 32.1. The standard InChI is InChI=1S/C20H25N3O2S/c1-14-7-8-18(26-14)19(24)22-16-9-11-23(12-10-16)20(25)17(21)13-15-5-3-2-4-6-15/h2-8,16-17H,9-13,21H2,1H3,(H,22,24)/t17-/m0/s1. The fourth-order valence-corrected chi connectivity index (χ4v) is 4.02. The summed E-state index contributed by atoms with van der Waals surface area (Å²) in [6, 6.07) is 13.2. The molecule has 1 aliphatic rings. The molecule has 0 radical (unpaired) electrons. The molecule has 2 aromatic rings. The zero-order chi connectivity index (χ0) is 18.5. The minimum Gasteiger partial charge on any atom is -0.348 e.